The Hall–Kier alpha value is -0.830. The first-order valence-electron chi connectivity index (χ1n) is 6.89. The average molecular weight is 236 g/mol. The highest BCUT2D eigenvalue weighted by Crippen LogP contribution is 2.23. The summed E-state index contributed by atoms with van der Waals surface area (Å²) in [6.45, 7) is 3.41. The van der Waals surface area contributed by atoms with Crippen LogP contribution in [0.3, 0.4) is 0 Å². The molecule has 0 radical (unpaired) electrons. The summed E-state index contributed by atoms with van der Waals surface area (Å²) in [4.78, 5) is 13.8. The molecule has 1 aliphatic heterocycles. The van der Waals surface area contributed by atoms with Gasteiger partial charge in [0.25, 0.3) is 0 Å². The molecule has 1 aliphatic carbocycles. The standard InChI is InChI=1S/C14H24N2O/c1-15-14(17)9-13-7-8-16(11-13)10-12-5-3-2-4-6-12/h5,13H,2-4,6-11H2,1H3,(H,15,17). The van der Waals surface area contributed by atoms with E-state index < -0.39 is 0 Å². The number of nitrogens with one attached hydrogen (secondary N) is 1. The number of allylic oxidation sites excluding steroid dienone is 1. The van der Waals surface area contributed by atoms with Gasteiger partial charge in [0, 0.05) is 26.6 Å². The van der Waals surface area contributed by atoms with Crippen LogP contribution >= 0.6 is 0 Å². The summed E-state index contributed by atoms with van der Waals surface area (Å²) in [7, 11) is 1.72. The molecule has 1 saturated heterocycles. The molecular weight excluding hydrogens is 212 g/mol. The monoisotopic (exact) mass is 236 g/mol. The number of carbonyl (C=O) groups is 1. The van der Waals surface area contributed by atoms with Gasteiger partial charge in [0.2, 0.25) is 5.91 Å². The number of rotatable bonds is 4. The molecule has 17 heavy (non-hydrogen) atoms. The molecule has 96 valence electrons. The fraction of sp³-hybridized carbons (Fsp3) is 0.786. The summed E-state index contributed by atoms with van der Waals surface area (Å²) in [5.41, 5.74) is 1.62. The molecule has 0 saturated carbocycles. The Morgan fingerprint density at radius 2 is 2.41 bits per heavy atom. The van der Waals surface area contributed by atoms with Crippen LogP contribution in [0, 0.1) is 5.92 Å². The summed E-state index contributed by atoms with van der Waals surface area (Å²) in [6.07, 6.45) is 9.59. The third-order valence-electron chi connectivity index (χ3n) is 3.93. The molecule has 1 heterocycles. The van der Waals surface area contributed by atoms with E-state index >= 15 is 0 Å². The van der Waals surface area contributed by atoms with Gasteiger partial charge in [-0.15, -0.1) is 0 Å². The average Bonchev–Trinajstić information content (AvgIpc) is 2.77. The highest BCUT2D eigenvalue weighted by molar-refractivity contribution is 5.75. The summed E-state index contributed by atoms with van der Waals surface area (Å²) in [6, 6.07) is 0. The van der Waals surface area contributed by atoms with E-state index in [1.807, 2.05) is 0 Å². The Kier molecular flexibility index (Phi) is 4.60. The van der Waals surface area contributed by atoms with Crippen molar-refractivity contribution in [2.24, 2.45) is 5.92 Å². The number of carbonyl (C=O) groups excluding carboxylic acids is 1. The Balaban J connectivity index is 1.74. The van der Waals surface area contributed by atoms with Crippen molar-refractivity contribution in [1.29, 1.82) is 0 Å². The second-order valence-corrected chi connectivity index (χ2v) is 5.38. The van der Waals surface area contributed by atoms with E-state index in [1.54, 1.807) is 12.6 Å². The van der Waals surface area contributed by atoms with Crippen LogP contribution in [0.2, 0.25) is 0 Å². The van der Waals surface area contributed by atoms with Crippen LogP contribution in [0.5, 0.6) is 0 Å². The molecular formula is C14H24N2O. The van der Waals surface area contributed by atoms with E-state index in [2.05, 4.69) is 16.3 Å². The van der Waals surface area contributed by atoms with Crippen molar-refractivity contribution in [2.75, 3.05) is 26.7 Å². The first-order chi connectivity index (χ1) is 8.28. The molecule has 0 aromatic heterocycles. The third kappa shape index (κ3) is 3.84. The van der Waals surface area contributed by atoms with Gasteiger partial charge >= 0.3 is 0 Å². The van der Waals surface area contributed by atoms with Gasteiger partial charge in [-0.3, -0.25) is 9.69 Å². The summed E-state index contributed by atoms with van der Waals surface area (Å²) in [5, 5.41) is 2.72. The lowest BCUT2D eigenvalue weighted by molar-refractivity contribution is -0.121. The number of hydrogen-bond acceptors (Lipinski definition) is 2. The van der Waals surface area contributed by atoms with Crippen molar-refractivity contribution in [3.05, 3.63) is 11.6 Å². The van der Waals surface area contributed by atoms with Crippen molar-refractivity contribution in [1.82, 2.24) is 10.2 Å². The van der Waals surface area contributed by atoms with Crippen LogP contribution in [0.25, 0.3) is 0 Å². The maximum atomic E-state index is 11.3. The number of likely N-dealkylation sites (tertiary alicyclic amines) is 1. The fourth-order valence-electron chi connectivity index (χ4n) is 2.92. The maximum absolute atomic E-state index is 11.3. The van der Waals surface area contributed by atoms with Crippen LogP contribution in [0.15, 0.2) is 11.6 Å². The molecule has 1 fully saturated rings. The van der Waals surface area contributed by atoms with E-state index in [1.165, 1.54) is 38.6 Å². The SMILES string of the molecule is CNC(=O)CC1CCN(CC2=CCCCC2)C1. The van der Waals surface area contributed by atoms with Gasteiger partial charge in [-0.05, 0) is 44.6 Å². The molecule has 0 aromatic rings. The summed E-state index contributed by atoms with van der Waals surface area (Å²) >= 11 is 0. The third-order valence-corrected chi connectivity index (χ3v) is 3.93. The van der Waals surface area contributed by atoms with E-state index in [0.717, 1.165) is 13.1 Å². The van der Waals surface area contributed by atoms with Crippen LogP contribution in [-0.4, -0.2) is 37.5 Å². The molecule has 1 unspecified atom stereocenters. The van der Waals surface area contributed by atoms with Gasteiger partial charge in [-0.1, -0.05) is 11.6 Å². The minimum absolute atomic E-state index is 0.189. The molecule has 1 N–H and O–H groups in total. The smallest absolute Gasteiger partial charge is 0.220 e. The molecule has 0 spiro atoms. The van der Waals surface area contributed by atoms with Crippen LogP contribution in [-0.2, 0) is 4.79 Å². The molecule has 1 atom stereocenters. The largest absolute Gasteiger partial charge is 0.359 e. The van der Waals surface area contributed by atoms with Gasteiger partial charge in [-0.2, -0.15) is 0 Å². The quantitative estimate of drug-likeness (QED) is 0.757. The molecule has 2 aliphatic rings. The normalized spacial score (nSPS) is 25.7. The minimum Gasteiger partial charge on any atom is -0.359 e. The molecule has 3 nitrogen and oxygen atoms in total. The summed E-state index contributed by atoms with van der Waals surface area (Å²) < 4.78 is 0. The predicted molar refractivity (Wildman–Crippen MR) is 69.8 cm³/mol. The zero-order valence-corrected chi connectivity index (χ0v) is 10.9. The summed E-state index contributed by atoms with van der Waals surface area (Å²) in [5.74, 6) is 0.757. The lowest BCUT2D eigenvalue weighted by atomic mass is 9.99. The van der Waals surface area contributed by atoms with Gasteiger partial charge in [0.1, 0.15) is 0 Å². The van der Waals surface area contributed by atoms with Crippen LogP contribution < -0.4 is 5.32 Å². The molecule has 2 rings (SSSR count). The molecule has 0 aromatic carbocycles. The Labute approximate surface area is 104 Å². The highest BCUT2D eigenvalue weighted by Gasteiger charge is 2.24. The zero-order chi connectivity index (χ0) is 12.1. The van der Waals surface area contributed by atoms with Gasteiger partial charge < -0.3 is 5.32 Å². The van der Waals surface area contributed by atoms with Gasteiger partial charge in [0.15, 0.2) is 0 Å². The van der Waals surface area contributed by atoms with Crippen molar-refractivity contribution in [3.8, 4) is 0 Å². The maximum Gasteiger partial charge on any atom is 0.220 e. The van der Waals surface area contributed by atoms with E-state index in [9.17, 15) is 4.79 Å². The van der Waals surface area contributed by atoms with Gasteiger partial charge in [-0.25, -0.2) is 0 Å². The van der Waals surface area contributed by atoms with Crippen LogP contribution in [0.4, 0.5) is 0 Å². The van der Waals surface area contributed by atoms with Crippen molar-refractivity contribution in [2.45, 2.75) is 38.5 Å². The highest BCUT2D eigenvalue weighted by atomic mass is 16.1. The number of hydrogen-bond donors (Lipinski definition) is 1. The zero-order valence-electron chi connectivity index (χ0n) is 10.9. The first-order valence-corrected chi connectivity index (χ1v) is 6.89. The Morgan fingerprint density at radius 1 is 1.53 bits per heavy atom. The van der Waals surface area contributed by atoms with Crippen molar-refractivity contribution >= 4 is 5.91 Å². The predicted octanol–water partition coefficient (Wildman–Crippen LogP) is 1.94. The van der Waals surface area contributed by atoms with Crippen molar-refractivity contribution in [3.63, 3.8) is 0 Å². The first kappa shape index (κ1) is 12.6. The molecule has 3 heteroatoms. The van der Waals surface area contributed by atoms with E-state index in [-0.39, 0.29) is 5.91 Å². The topological polar surface area (TPSA) is 32.3 Å². The second-order valence-electron chi connectivity index (χ2n) is 5.38. The molecule has 0 bridgehead atoms. The van der Waals surface area contributed by atoms with Crippen LogP contribution in [0.1, 0.15) is 38.5 Å². The lowest BCUT2D eigenvalue weighted by Gasteiger charge is -2.20. The Morgan fingerprint density at radius 3 is 3.12 bits per heavy atom. The molecule has 1 amide bonds. The second kappa shape index (κ2) is 6.20. The van der Waals surface area contributed by atoms with E-state index in [4.69, 9.17) is 0 Å². The van der Waals surface area contributed by atoms with Crippen molar-refractivity contribution < 1.29 is 4.79 Å². The van der Waals surface area contributed by atoms with E-state index in [0.29, 0.717) is 12.3 Å². The fourth-order valence-corrected chi connectivity index (χ4v) is 2.92. The minimum atomic E-state index is 0.189. The lowest BCUT2D eigenvalue weighted by Crippen LogP contribution is -2.26. The number of nitrogens with zero attached hydrogens (tertiary/aromatic N) is 1. The Bertz CT molecular complexity index is 299. The number of amides is 1. The van der Waals surface area contributed by atoms with Gasteiger partial charge in [0.05, 0.1) is 0 Å².